The summed E-state index contributed by atoms with van der Waals surface area (Å²) in [6.45, 7) is 2.46. The fraction of sp³-hybridized carbons (Fsp3) is 0.200. The van der Waals surface area contributed by atoms with Gasteiger partial charge in [0, 0.05) is 36.1 Å². The Hall–Kier alpha value is -4.60. The lowest BCUT2D eigenvalue weighted by Gasteiger charge is -2.19. The number of carbonyl (C=O) groups is 2. The Labute approximate surface area is 201 Å². The van der Waals surface area contributed by atoms with Gasteiger partial charge in [-0.05, 0) is 29.7 Å². The Bertz CT molecular complexity index is 1430. The highest BCUT2D eigenvalue weighted by atomic mass is 16.5. The van der Waals surface area contributed by atoms with Crippen molar-refractivity contribution in [2.45, 2.75) is 19.9 Å². The molecule has 4 aromatic rings. The number of rotatable bonds is 9. The summed E-state index contributed by atoms with van der Waals surface area (Å²) < 4.78 is 12.6. The van der Waals surface area contributed by atoms with Crippen molar-refractivity contribution in [3.8, 4) is 11.5 Å². The molecule has 0 radical (unpaired) electrons. The number of carboxylic acid groups (broad SMARTS) is 1. The third kappa shape index (κ3) is 4.58. The Morgan fingerprint density at radius 1 is 1.14 bits per heavy atom. The minimum Gasteiger partial charge on any atom is -0.493 e. The summed E-state index contributed by atoms with van der Waals surface area (Å²) in [5, 5.41) is 13.2. The predicted octanol–water partition coefficient (Wildman–Crippen LogP) is 3.60. The van der Waals surface area contributed by atoms with E-state index in [2.05, 4.69) is 15.3 Å². The molecule has 35 heavy (non-hydrogen) atoms. The van der Waals surface area contributed by atoms with Crippen molar-refractivity contribution in [3.05, 3.63) is 71.4 Å². The molecule has 0 saturated carbocycles. The number of amides is 1. The van der Waals surface area contributed by atoms with E-state index in [-0.39, 0.29) is 11.3 Å². The SMILES string of the molecule is CCc1c(Cn2cnc(C(=O)O)c2)cccc1Nc1c(C(N)=O)cnc2cc(OC)c(OC)cc12. The van der Waals surface area contributed by atoms with Gasteiger partial charge in [0.05, 0.1) is 37.3 Å². The van der Waals surface area contributed by atoms with Gasteiger partial charge in [-0.25, -0.2) is 9.78 Å². The fourth-order valence-electron chi connectivity index (χ4n) is 4.05. The van der Waals surface area contributed by atoms with Crippen LogP contribution in [0.4, 0.5) is 11.4 Å². The molecule has 0 spiro atoms. The van der Waals surface area contributed by atoms with E-state index < -0.39 is 11.9 Å². The van der Waals surface area contributed by atoms with Crippen molar-refractivity contribution in [2.24, 2.45) is 5.73 Å². The van der Waals surface area contributed by atoms with E-state index in [1.165, 1.54) is 25.8 Å². The maximum absolute atomic E-state index is 12.3. The number of nitrogens with two attached hydrogens (primary N) is 1. The molecule has 0 fully saturated rings. The van der Waals surface area contributed by atoms with Crippen LogP contribution in [0.1, 0.15) is 38.9 Å². The van der Waals surface area contributed by atoms with Gasteiger partial charge >= 0.3 is 5.97 Å². The minimum atomic E-state index is -1.08. The number of carboxylic acids is 1. The van der Waals surface area contributed by atoms with Gasteiger partial charge in [0.2, 0.25) is 0 Å². The topological polar surface area (TPSA) is 142 Å². The maximum Gasteiger partial charge on any atom is 0.356 e. The van der Waals surface area contributed by atoms with Crippen LogP contribution in [0, 0.1) is 0 Å². The normalized spacial score (nSPS) is 10.8. The summed E-state index contributed by atoms with van der Waals surface area (Å²) in [6, 6.07) is 9.27. The van der Waals surface area contributed by atoms with E-state index >= 15 is 0 Å². The fourth-order valence-corrected chi connectivity index (χ4v) is 4.05. The van der Waals surface area contributed by atoms with Crippen LogP contribution in [-0.4, -0.2) is 45.7 Å². The molecule has 2 heterocycles. The van der Waals surface area contributed by atoms with E-state index in [0.717, 1.165) is 16.8 Å². The summed E-state index contributed by atoms with van der Waals surface area (Å²) in [4.78, 5) is 31.8. The summed E-state index contributed by atoms with van der Waals surface area (Å²) >= 11 is 0. The summed E-state index contributed by atoms with van der Waals surface area (Å²) in [5.74, 6) is -0.691. The smallest absolute Gasteiger partial charge is 0.356 e. The molecule has 0 aliphatic rings. The quantitative estimate of drug-likeness (QED) is 0.333. The van der Waals surface area contributed by atoms with Crippen LogP contribution in [0.3, 0.4) is 0 Å². The second kappa shape index (κ2) is 9.72. The number of ether oxygens (including phenoxy) is 2. The molecule has 0 saturated heterocycles. The van der Waals surface area contributed by atoms with E-state index in [0.29, 0.717) is 41.1 Å². The molecule has 0 unspecified atom stereocenters. The van der Waals surface area contributed by atoms with Crippen LogP contribution < -0.4 is 20.5 Å². The molecule has 4 rings (SSSR count). The number of primary amides is 1. The van der Waals surface area contributed by atoms with Crippen molar-refractivity contribution in [3.63, 3.8) is 0 Å². The Balaban J connectivity index is 1.81. The first-order valence-corrected chi connectivity index (χ1v) is 10.8. The van der Waals surface area contributed by atoms with Gasteiger partial charge in [-0.1, -0.05) is 19.1 Å². The first kappa shape index (κ1) is 23.6. The number of nitrogens with one attached hydrogen (secondary N) is 1. The molecule has 0 bridgehead atoms. The van der Waals surface area contributed by atoms with Crippen LogP contribution in [-0.2, 0) is 13.0 Å². The predicted molar refractivity (Wildman–Crippen MR) is 131 cm³/mol. The average molecular weight is 476 g/mol. The standard InChI is InChI=1S/C25H25N5O5/c1-4-15-14(11-30-12-20(25(32)33)28-13-30)6-5-7-18(15)29-23-16-8-21(34-2)22(35-3)9-19(16)27-10-17(23)24(26)31/h5-10,12-13H,4,11H2,1-3H3,(H2,26,31)(H,27,29)(H,32,33). The third-order valence-corrected chi connectivity index (χ3v) is 5.73. The van der Waals surface area contributed by atoms with Crippen LogP contribution in [0.15, 0.2) is 49.1 Å². The van der Waals surface area contributed by atoms with Gasteiger partial charge in [-0.2, -0.15) is 0 Å². The van der Waals surface area contributed by atoms with Crippen molar-refractivity contribution in [1.82, 2.24) is 14.5 Å². The van der Waals surface area contributed by atoms with Crippen LogP contribution in [0.5, 0.6) is 11.5 Å². The third-order valence-electron chi connectivity index (χ3n) is 5.73. The molecule has 2 aromatic carbocycles. The molecule has 0 atom stereocenters. The summed E-state index contributed by atoms with van der Waals surface area (Å²) in [7, 11) is 3.08. The number of aromatic carboxylic acids is 1. The van der Waals surface area contributed by atoms with Crippen LogP contribution >= 0.6 is 0 Å². The maximum atomic E-state index is 12.3. The van der Waals surface area contributed by atoms with E-state index in [4.69, 9.17) is 20.3 Å². The number of methoxy groups -OCH3 is 2. The lowest BCUT2D eigenvalue weighted by molar-refractivity contribution is 0.0690. The number of fused-ring (bicyclic) bond motifs is 1. The van der Waals surface area contributed by atoms with Gasteiger partial charge in [-0.15, -0.1) is 0 Å². The van der Waals surface area contributed by atoms with Crippen molar-refractivity contribution >= 4 is 34.2 Å². The Kier molecular flexibility index (Phi) is 6.54. The van der Waals surface area contributed by atoms with Crippen molar-refractivity contribution < 1.29 is 24.2 Å². The molecule has 4 N–H and O–H groups in total. The number of anilines is 2. The second-order valence-corrected chi connectivity index (χ2v) is 7.79. The summed E-state index contributed by atoms with van der Waals surface area (Å²) in [5.41, 5.74) is 9.77. The van der Waals surface area contributed by atoms with Gasteiger partial charge in [0.1, 0.15) is 0 Å². The Morgan fingerprint density at radius 2 is 1.89 bits per heavy atom. The molecular weight excluding hydrogens is 450 g/mol. The molecule has 180 valence electrons. The highest BCUT2D eigenvalue weighted by molar-refractivity contribution is 6.08. The zero-order chi connectivity index (χ0) is 25.1. The van der Waals surface area contributed by atoms with Crippen molar-refractivity contribution in [1.29, 1.82) is 0 Å². The first-order chi connectivity index (χ1) is 16.9. The number of imidazole rings is 1. The van der Waals surface area contributed by atoms with Crippen molar-refractivity contribution in [2.75, 3.05) is 19.5 Å². The van der Waals surface area contributed by atoms with E-state index in [1.807, 2.05) is 25.1 Å². The zero-order valence-electron chi connectivity index (χ0n) is 19.5. The van der Waals surface area contributed by atoms with Gasteiger partial charge < -0.3 is 30.2 Å². The molecular formula is C25H25N5O5. The highest BCUT2D eigenvalue weighted by Crippen LogP contribution is 2.38. The largest absolute Gasteiger partial charge is 0.493 e. The number of aromatic nitrogens is 3. The lowest BCUT2D eigenvalue weighted by Crippen LogP contribution is -2.15. The molecule has 1 amide bonds. The lowest BCUT2D eigenvalue weighted by atomic mass is 10.0. The monoisotopic (exact) mass is 475 g/mol. The van der Waals surface area contributed by atoms with E-state index in [1.54, 1.807) is 23.8 Å². The number of nitrogens with zero attached hydrogens (tertiary/aromatic N) is 3. The number of hydrogen-bond acceptors (Lipinski definition) is 7. The highest BCUT2D eigenvalue weighted by Gasteiger charge is 2.18. The van der Waals surface area contributed by atoms with Gasteiger partial charge in [0.15, 0.2) is 17.2 Å². The number of hydrogen-bond donors (Lipinski definition) is 3. The number of carbonyl (C=O) groups excluding carboxylic acids is 1. The zero-order valence-corrected chi connectivity index (χ0v) is 19.5. The number of pyridine rings is 1. The molecule has 0 aliphatic heterocycles. The second-order valence-electron chi connectivity index (χ2n) is 7.79. The van der Waals surface area contributed by atoms with Crippen LogP contribution in [0.2, 0.25) is 0 Å². The van der Waals surface area contributed by atoms with Crippen LogP contribution in [0.25, 0.3) is 10.9 Å². The number of benzene rings is 2. The van der Waals surface area contributed by atoms with Gasteiger partial charge in [0.25, 0.3) is 5.91 Å². The Morgan fingerprint density at radius 3 is 2.51 bits per heavy atom. The van der Waals surface area contributed by atoms with E-state index in [9.17, 15) is 9.59 Å². The minimum absolute atomic E-state index is 0.0175. The molecule has 10 nitrogen and oxygen atoms in total. The first-order valence-electron chi connectivity index (χ1n) is 10.8. The molecule has 10 heteroatoms. The summed E-state index contributed by atoms with van der Waals surface area (Å²) in [6.07, 6.45) is 5.10. The molecule has 2 aromatic heterocycles. The van der Waals surface area contributed by atoms with Gasteiger partial charge in [-0.3, -0.25) is 9.78 Å². The molecule has 0 aliphatic carbocycles. The average Bonchev–Trinajstić information content (AvgIpc) is 3.32.